The number of benzene rings is 1. The first kappa shape index (κ1) is 16.8. The summed E-state index contributed by atoms with van der Waals surface area (Å²) in [5.74, 6) is -0.368. The smallest absolute Gasteiger partial charge is 0.465 e. The van der Waals surface area contributed by atoms with Gasteiger partial charge in [0.15, 0.2) is 0 Å². The second-order valence-electron chi connectivity index (χ2n) is 6.57. The molecule has 2 rings (SSSR count). The maximum atomic E-state index is 12.0. The Kier molecular flexibility index (Phi) is 4.28. The van der Waals surface area contributed by atoms with Crippen LogP contribution in [0.4, 0.5) is 5.69 Å². The third-order valence-corrected chi connectivity index (χ3v) is 4.65. The van der Waals surface area contributed by atoms with Crippen LogP contribution >= 0.6 is 0 Å². The van der Waals surface area contributed by atoms with Crippen molar-refractivity contribution < 1.29 is 18.8 Å². The molecule has 1 aliphatic heterocycles. The van der Waals surface area contributed by atoms with Crippen LogP contribution in [-0.4, -0.2) is 38.4 Å². The van der Waals surface area contributed by atoms with E-state index in [1.165, 1.54) is 7.11 Å². The number of carbonyl (C=O) groups excluding carboxylic acids is 1. The highest BCUT2D eigenvalue weighted by Crippen LogP contribution is 2.37. The average molecular weight is 305 g/mol. The minimum Gasteiger partial charge on any atom is -0.465 e. The van der Waals surface area contributed by atoms with Gasteiger partial charge in [0.05, 0.1) is 23.9 Å². The van der Waals surface area contributed by atoms with Crippen LogP contribution in [0, 0.1) is 6.92 Å². The van der Waals surface area contributed by atoms with Gasteiger partial charge in [-0.15, -0.1) is 0 Å². The molecule has 0 atom stereocenters. The van der Waals surface area contributed by atoms with Crippen LogP contribution < -0.4 is 10.8 Å². The van der Waals surface area contributed by atoms with Crippen molar-refractivity contribution in [2.24, 2.45) is 0 Å². The Labute approximate surface area is 132 Å². The molecule has 6 heteroatoms. The van der Waals surface area contributed by atoms with Crippen LogP contribution in [0.3, 0.4) is 0 Å². The fourth-order valence-electron chi connectivity index (χ4n) is 2.42. The molecule has 1 aromatic carbocycles. The van der Waals surface area contributed by atoms with E-state index >= 15 is 0 Å². The molecule has 1 saturated heterocycles. The van der Waals surface area contributed by atoms with Gasteiger partial charge in [-0.25, -0.2) is 4.79 Å². The van der Waals surface area contributed by atoms with E-state index in [1.807, 2.05) is 40.7 Å². The quantitative estimate of drug-likeness (QED) is 0.685. The van der Waals surface area contributed by atoms with Gasteiger partial charge in [0, 0.05) is 12.7 Å². The van der Waals surface area contributed by atoms with Gasteiger partial charge in [-0.05, 0) is 57.8 Å². The number of anilines is 1. The molecule has 120 valence electrons. The maximum absolute atomic E-state index is 12.0. The summed E-state index contributed by atoms with van der Waals surface area (Å²) in [7, 11) is 2.67. The molecule has 0 saturated carbocycles. The zero-order valence-corrected chi connectivity index (χ0v) is 14.4. The topological polar surface area (TPSA) is 56.8 Å². The fourth-order valence-corrected chi connectivity index (χ4v) is 2.42. The molecule has 0 unspecified atom stereocenters. The predicted octanol–water partition coefficient (Wildman–Crippen LogP) is 2.12. The van der Waals surface area contributed by atoms with Gasteiger partial charge < -0.3 is 19.4 Å². The van der Waals surface area contributed by atoms with Crippen molar-refractivity contribution in [3.8, 4) is 0 Å². The molecule has 1 fully saturated rings. The minimum absolute atomic E-state index is 0.368. The Hall–Kier alpha value is -1.53. The second kappa shape index (κ2) is 5.59. The molecule has 0 radical (unpaired) electrons. The van der Waals surface area contributed by atoms with Crippen LogP contribution in [0.25, 0.3) is 0 Å². The number of ether oxygens (including phenoxy) is 1. The highest BCUT2D eigenvalue weighted by molar-refractivity contribution is 6.63. The summed E-state index contributed by atoms with van der Waals surface area (Å²) in [4.78, 5) is 12.0. The highest BCUT2D eigenvalue weighted by atomic mass is 16.7. The number of esters is 1. The summed E-state index contributed by atoms with van der Waals surface area (Å²) in [6, 6.07) is 3.72. The fraction of sp³-hybridized carbons (Fsp3) is 0.562. The summed E-state index contributed by atoms with van der Waals surface area (Å²) >= 11 is 0. The maximum Gasteiger partial charge on any atom is 0.495 e. The lowest BCUT2D eigenvalue weighted by molar-refractivity contribution is 0.00578. The molecule has 0 bridgehead atoms. The molecule has 0 aromatic heterocycles. The SMILES string of the molecule is CNc1cc(B2OC(C)(C)C(C)(C)O2)c(C)c(C(=O)OC)c1. The third kappa shape index (κ3) is 2.73. The number of hydrogen-bond donors (Lipinski definition) is 1. The zero-order chi connectivity index (χ0) is 16.7. The second-order valence-corrected chi connectivity index (χ2v) is 6.57. The molecule has 0 spiro atoms. The largest absolute Gasteiger partial charge is 0.495 e. The number of rotatable bonds is 3. The standard InChI is InChI=1S/C16H24BNO4/c1-10-12(14(19)20-7)8-11(18-6)9-13(10)17-21-15(2,3)16(4,5)22-17/h8-9,18H,1-7H3. The van der Waals surface area contributed by atoms with Crippen LogP contribution in [0.15, 0.2) is 12.1 Å². The van der Waals surface area contributed by atoms with Gasteiger partial charge in [-0.2, -0.15) is 0 Å². The van der Waals surface area contributed by atoms with E-state index in [0.29, 0.717) is 5.56 Å². The molecular formula is C16H24BNO4. The van der Waals surface area contributed by atoms with E-state index in [2.05, 4.69) is 5.32 Å². The van der Waals surface area contributed by atoms with Crippen molar-refractivity contribution in [3.05, 3.63) is 23.3 Å². The summed E-state index contributed by atoms with van der Waals surface area (Å²) in [6.07, 6.45) is 0. The van der Waals surface area contributed by atoms with Crippen LogP contribution in [-0.2, 0) is 14.0 Å². The molecule has 0 amide bonds. The average Bonchev–Trinajstić information content (AvgIpc) is 2.66. The molecule has 5 nitrogen and oxygen atoms in total. The Morgan fingerprint density at radius 3 is 2.18 bits per heavy atom. The van der Waals surface area contributed by atoms with Gasteiger partial charge in [-0.3, -0.25) is 0 Å². The van der Waals surface area contributed by atoms with Gasteiger partial charge in [0.2, 0.25) is 0 Å². The van der Waals surface area contributed by atoms with Gasteiger partial charge in [0.1, 0.15) is 0 Å². The number of nitrogens with one attached hydrogen (secondary N) is 1. The molecule has 0 aliphatic carbocycles. The number of methoxy groups -OCH3 is 1. The van der Waals surface area contributed by atoms with Crippen molar-refractivity contribution in [2.75, 3.05) is 19.5 Å². The minimum atomic E-state index is -0.512. The van der Waals surface area contributed by atoms with Crippen molar-refractivity contribution >= 4 is 24.2 Å². The highest BCUT2D eigenvalue weighted by Gasteiger charge is 2.52. The Balaban J connectivity index is 2.50. The summed E-state index contributed by atoms with van der Waals surface area (Å²) < 4.78 is 17.1. The van der Waals surface area contributed by atoms with Gasteiger partial charge in [-0.1, -0.05) is 0 Å². The van der Waals surface area contributed by atoms with E-state index < -0.39 is 18.3 Å². The molecule has 22 heavy (non-hydrogen) atoms. The van der Waals surface area contributed by atoms with Crippen LogP contribution in [0.1, 0.15) is 43.6 Å². The van der Waals surface area contributed by atoms with Crippen molar-refractivity contribution in [1.82, 2.24) is 0 Å². The lowest BCUT2D eigenvalue weighted by Crippen LogP contribution is -2.41. The molecular weight excluding hydrogens is 281 g/mol. The van der Waals surface area contributed by atoms with E-state index in [4.69, 9.17) is 14.0 Å². The van der Waals surface area contributed by atoms with E-state index in [9.17, 15) is 4.79 Å². The van der Waals surface area contributed by atoms with Gasteiger partial charge >= 0.3 is 13.1 Å². The third-order valence-electron chi connectivity index (χ3n) is 4.65. The zero-order valence-electron chi connectivity index (χ0n) is 14.4. The Morgan fingerprint density at radius 2 is 1.73 bits per heavy atom. The molecule has 1 aromatic rings. The van der Waals surface area contributed by atoms with Crippen LogP contribution in [0.5, 0.6) is 0 Å². The number of hydrogen-bond acceptors (Lipinski definition) is 5. The van der Waals surface area contributed by atoms with E-state index in [-0.39, 0.29) is 5.97 Å². The monoisotopic (exact) mass is 305 g/mol. The molecule has 1 heterocycles. The van der Waals surface area contributed by atoms with Gasteiger partial charge in [0.25, 0.3) is 0 Å². The van der Waals surface area contributed by atoms with Crippen molar-refractivity contribution in [3.63, 3.8) is 0 Å². The normalized spacial score (nSPS) is 19.1. The Bertz CT molecular complexity index is 582. The van der Waals surface area contributed by atoms with E-state index in [1.54, 1.807) is 13.1 Å². The number of carbonyl (C=O) groups is 1. The molecule has 1 aliphatic rings. The Morgan fingerprint density at radius 1 is 1.18 bits per heavy atom. The van der Waals surface area contributed by atoms with Crippen LogP contribution in [0.2, 0.25) is 0 Å². The van der Waals surface area contributed by atoms with E-state index in [0.717, 1.165) is 16.7 Å². The first-order chi connectivity index (χ1) is 10.1. The lowest BCUT2D eigenvalue weighted by Gasteiger charge is -2.32. The summed E-state index contributed by atoms with van der Waals surface area (Å²) in [5.41, 5.74) is 2.13. The summed E-state index contributed by atoms with van der Waals surface area (Å²) in [6.45, 7) is 9.90. The lowest BCUT2D eigenvalue weighted by atomic mass is 9.74. The van der Waals surface area contributed by atoms with Crippen molar-refractivity contribution in [2.45, 2.75) is 45.8 Å². The first-order valence-corrected chi connectivity index (χ1v) is 7.39. The summed E-state index contributed by atoms with van der Waals surface area (Å²) in [5, 5.41) is 3.06. The first-order valence-electron chi connectivity index (χ1n) is 7.39. The molecule has 1 N–H and O–H groups in total. The van der Waals surface area contributed by atoms with Crippen molar-refractivity contribution in [1.29, 1.82) is 0 Å². The predicted molar refractivity (Wildman–Crippen MR) is 87.8 cm³/mol.